The largest absolute Gasteiger partial charge is 0.490 e. The number of anilines is 1. The van der Waals surface area contributed by atoms with Crippen molar-refractivity contribution in [2.45, 2.75) is 32.0 Å². The van der Waals surface area contributed by atoms with Gasteiger partial charge in [0, 0.05) is 18.1 Å². The maximum atomic E-state index is 13.0. The molecule has 1 atom stereocenters. The topological polar surface area (TPSA) is 64.4 Å². The average Bonchev–Trinajstić information content (AvgIpc) is 3.25. The van der Waals surface area contributed by atoms with Crippen molar-refractivity contribution in [3.05, 3.63) is 65.4 Å². The number of halogens is 3. The van der Waals surface area contributed by atoms with E-state index in [4.69, 9.17) is 9.26 Å². The Kier molecular flexibility index (Phi) is 4.77. The second-order valence-electron chi connectivity index (χ2n) is 6.91. The van der Waals surface area contributed by atoms with Gasteiger partial charge in [0.1, 0.15) is 11.9 Å². The Morgan fingerprint density at radius 1 is 1.21 bits per heavy atom. The van der Waals surface area contributed by atoms with Crippen molar-refractivity contribution in [3.8, 4) is 17.1 Å². The van der Waals surface area contributed by atoms with Gasteiger partial charge >= 0.3 is 6.18 Å². The molecule has 0 saturated heterocycles. The summed E-state index contributed by atoms with van der Waals surface area (Å²) in [5.74, 6) is 0.701. The number of ether oxygens (including phenoxy) is 1. The van der Waals surface area contributed by atoms with Crippen LogP contribution in [0.4, 0.5) is 18.9 Å². The van der Waals surface area contributed by atoms with Gasteiger partial charge < -0.3 is 14.6 Å². The number of aromatic nitrogens is 1. The van der Waals surface area contributed by atoms with Gasteiger partial charge in [0.15, 0.2) is 5.76 Å². The number of carbonyl (C=O) groups is 1. The molecule has 2 heterocycles. The Balaban J connectivity index is 1.46. The Bertz CT molecular complexity index is 1060. The van der Waals surface area contributed by atoms with Crippen molar-refractivity contribution in [2.75, 3.05) is 5.32 Å². The zero-order chi connectivity index (χ0) is 20.6. The molecule has 0 bridgehead atoms. The zero-order valence-corrected chi connectivity index (χ0v) is 15.4. The van der Waals surface area contributed by atoms with Gasteiger partial charge in [0.25, 0.3) is 0 Å². The van der Waals surface area contributed by atoms with Crippen LogP contribution in [0.1, 0.15) is 23.7 Å². The molecule has 1 amide bonds. The summed E-state index contributed by atoms with van der Waals surface area (Å²) in [4.78, 5) is 12.2. The molecule has 150 valence electrons. The third-order valence-corrected chi connectivity index (χ3v) is 4.59. The summed E-state index contributed by atoms with van der Waals surface area (Å²) in [6.07, 6.45) is -3.85. The van der Waals surface area contributed by atoms with Gasteiger partial charge in [-0.25, -0.2) is 0 Å². The summed E-state index contributed by atoms with van der Waals surface area (Å²) in [5, 5.41) is 6.16. The number of hydrogen-bond donors (Lipinski definition) is 1. The number of amides is 1. The lowest BCUT2D eigenvalue weighted by Gasteiger charge is -2.13. The van der Waals surface area contributed by atoms with Crippen LogP contribution in [0.25, 0.3) is 11.3 Å². The second kappa shape index (κ2) is 7.27. The number of para-hydroxylation sites is 1. The van der Waals surface area contributed by atoms with Crippen molar-refractivity contribution in [3.63, 3.8) is 0 Å². The Morgan fingerprint density at radius 2 is 2.00 bits per heavy atom. The lowest BCUT2D eigenvalue weighted by Crippen LogP contribution is -2.18. The second-order valence-corrected chi connectivity index (χ2v) is 6.91. The van der Waals surface area contributed by atoms with E-state index in [1.54, 1.807) is 6.07 Å². The lowest BCUT2D eigenvalue weighted by molar-refractivity contribution is -0.137. The number of nitrogens with zero attached hydrogens (tertiary/aromatic N) is 1. The van der Waals surface area contributed by atoms with Crippen LogP contribution in [0, 0.1) is 0 Å². The van der Waals surface area contributed by atoms with Crippen LogP contribution in [-0.2, 0) is 23.8 Å². The monoisotopic (exact) mass is 402 g/mol. The van der Waals surface area contributed by atoms with Gasteiger partial charge in [-0.1, -0.05) is 17.3 Å². The first-order valence-corrected chi connectivity index (χ1v) is 9.01. The van der Waals surface area contributed by atoms with E-state index >= 15 is 0 Å². The van der Waals surface area contributed by atoms with Crippen molar-refractivity contribution in [1.29, 1.82) is 0 Å². The van der Waals surface area contributed by atoms with Crippen LogP contribution in [0.5, 0.6) is 5.75 Å². The Labute approximate surface area is 164 Å². The summed E-state index contributed by atoms with van der Waals surface area (Å²) in [6, 6.07) is 12.1. The first-order chi connectivity index (χ1) is 13.8. The molecule has 1 N–H and O–H groups in total. The fourth-order valence-corrected chi connectivity index (χ4v) is 3.30. The number of nitrogens with one attached hydrogen (secondary N) is 1. The highest BCUT2D eigenvalue weighted by Gasteiger charge is 2.33. The number of alkyl halides is 3. The van der Waals surface area contributed by atoms with Crippen molar-refractivity contribution < 1.29 is 27.2 Å². The maximum Gasteiger partial charge on any atom is 0.418 e. The van der Waals surface area contributed by atoms with Gasteiger partial charge in [-0.15, -0.1) is 0 Å². The minimum atomic E-state index is -4.56. The van der Waals surface area contributed by atoms with Gasteiger partial charge in [0.2, 0.25) is 5.91 Å². The smallest absolute Gasteiger partial charge is 0.418 e. The Morgan fingerprint density at radius 3 is 2.79 bits per heavy atom. The highest BCUT2D eigenvalue weighted by Crippen LogP contribution is 2.35. The molecule has 0 saturated carbocycles. The molecular formula is C21H17F3N2O3. The molecule has 8 heteroatoms. The molecule has 1 aromatic heterocycles. The normalized spacial score (nSPS) is 15.7. The summed E-state index contributed by atoms with van der Waals surface area (Å²) in [5.41, 5.74) is 0.995. The van der Waals surface area contributed by atoms with Gasteiger partial charge in [-0.3, -0.25) is 4.79 Å². The fraction of sp³-hybridized carbons (Fsp3) is 0.238. The van der Waals surface area contributed by atoms with E-state index < -0.39 is 17.6 Å². The molecule has 1 aliphatic rings. The highest BCUT2D eigenvalue weighted by molar-refractivity contribution is 5.93. The number of rotatable bonds is 4. The van der Waals surface area contributed by atoms with Crippen LogP contribution in [0.3, 0.4) is 0 Å². The molecule has 0 radical (unpaired) electrons. The Hall–Kier alpha value is -3.29. The van der Waals surface area contributed by atoms with E-state index in [2.05, 4.69) is 10.5 Å². The number of benzene rings is 2. The SMILES string of the molecule is CC1Cc2cc(-c3cc(CC(=O)Nc4ccccc4C(F)(F)F)no3)ccc2O1. The van der Waals surface area contributed by atoms with Crippen molar-refractivity contribution >= 4 is 11.6 Å². The molecule has 1 unspecified atom stereocenters. The van der Waals surface area contributed by atoms with Crippen molar-refractivity contribution in [1.82, 2.24) is 5.16 Å². The summed E-state index contributed by atoms with van der Waals surface area (Å²) >= 11 is 0. The van der Waals surface area contributed by atoms with Gasteiger partial charge in [-0.05, 0) is 42.8 Å². The molecule has 2 aromatic carbocycles. The van der Waals surface area contributed by atoms with E-state index in [1.165, 1.54) is 18.2 Å². The van der Waals surface area contributed by atoms with Crippen LogP contribution in [0.15, 0.2) is 53.1 Å². The van der Waals surface area contributed by atoms with Gasteiger partial charge in [0.05, 0.1) is 23.4 Å². The average molecular weight is 402 g/mol. The van der Waals surface area contributed by atoms with E-state index in [-0.39, 0.29) is 18.2 Å². The zero-order valence-electron chi connectivity index (χ0n) is 15.4. The third-order valence-electron chi connectivity index (χ3n) is 4.59. The summed E-state index contributed by atoms with van der Waals surface area (Å²) in [7, 11) is 0. The molecule has 29 heavy (non-hydrogen) atoms. The van der Waals surface area contributed by atoms with E-state index in [0.29, 0.717) is 11.5 Å². The van der Waals surface area contributed by atoms with Crippen molar-refractivity contribution in [2.24, 2.45) is 0 Å². The summed E-state index contributed by atoms with van der Waals surface area (Å²) in [6.45, 7) is 1.99. The molecular weight excluding hydrogens is 385 g/mol. The minimum absolute atomic E-state index is 0.119. The van der Waals surface area contributed by atoms with E-state index in [9.17, 15) is 18.0 Å². The van der Waals surface area contributed by atoms with Gasteiger partial charge in [-0.2, -0.15) is 13.2 Å². The van der Waals surface area contributed by atoms with E-state index in [1.807, 2.05) is 25.1 Å². The molecule has 4 rings (SSSR count). The first kappa shape index (κ1) is 19.0. The summed E-state index contributed by atoms with van der Waals surface area (Å²) < 4.78 is 50.1. The van der Waals surface area contributed by atoms with Crippen LogP contribution in [0.2, 0.25) is 0 Å². The number of hydrogen-bond acceptors (Lipinski definition) is 4. The fourth-order valence-electron chi connectivity index (χ4n) is 3.30. The van der Waals surface area contributed by atoms with Crippen LogP contribution >= 0.6 is 0 Å². The van der Waals surface area contributed by atoms with Crippen LogP contribution in [-0.4, -0.2) is 17.2 Å². The quantitative estimate of drug-likeness (QED) is 0.677. The minimum Gasteiger partial charge on any atom is -0.490 e. The maximum absolute atomic E-state index is 13.0. The predicted octanol–water partition coefficient (Wildman–Crippen LogP) is 4.87. The molecule has 0 aliphatic carbocycles. The standard InChI is InChI=1S/C21H17F3N2O3/c1-12-8-14-9-13(6-7-18(14)28-12)19-10-15(26-29-19)11-20(27)25-17-5-3-2-4-16(17)21(22,23)24/h2-7,9-10,12H,8,11H2,1H3,(H,25,27). The van der Waals surface area contributed by atoms with E-state index in [0.717, 1.165) is 29.4 Å². The first-order valence-electron chi connectivity index (χ1n) is 9.01. The number of carbonyl (C=O) groups excluding carboxylic acids is 1. The molecule has 5 nitrogen and oxygen atoms in total. The molecule has 0 fully saturated rings. The predicted molar refractivity (Wildman–Crippen MR) is 99.5 cm³/mol. The lowest BCUT2D eigenvalue weighted by atomic mass is 10.1. The van der Waals surface area contributed by atoms with Crippen LogP contribution < -0.4 is 10.1 Å². The third kappa shape index (κ3) is 4.11. The number of fused-ring (bicyclic) bond motifs is 1. The molecule has 1 aliphatic heterocycles. The molecule has 3 aromatic rings. The highest BCUT2D eigenvalue weighted by atomic mass is 19.4. The molecule has 0 spiro atoms.